The summed E-state index contributed by atoms with van der Waals surface area (Å²) in [5.41, 5.74) is 1.10. The Morgan fingerprint density at radius 3 is 2.23 bits per heavy atom. The fourth-order valence-electron chi connectivity index (χ4n) is 9.20. The third kappa shape index (κ3) is 14.2. The summed E-state index contributed by atoms with van der Waals surface area (Å²) in [4.78, 5) is 67.3. The number of nitrogens with one attached hydrogen (secondary N) is 2. The number of likely N-dealkylation sites (tertiary alicyclic amines) is 1. The van der Waals surface area contributed by atoms with Gasteiger partial charge in [0.25, 0.3) is 0 Å². The first-order chi connectivity index (χ1) is 28.6. The quantitative estimate of drug-likeness (QED) is 0.0949. The minimum atomic E-state index is -0.586. The minimum absolute atomic E-state index is 0.0128. The standard InChI is InChI=1S/C47H78N6O6S/c1-13-33(6)43(52(10)47(57)36(31(2)3)29-39(54)42(32(4)5)51(9)25-18-17-23-48-8)40(58-11)30-41(55)53-26-19-22-38(53)44(59-12)34(7)45(56)50-37(46-49-24-27-60-46)28-35-20-15-14-16-21-35/h14-16,20-21,24,27,31-34,36-38,40,42-44,48H,13,17-19,22-23,25-26,28-30H2,1-12H3,(H,50,56)/t33-,34+,36-,37-,38-,40+,42-,43-,44+/m0/s1. The van der Waals surface area contributed by atoms with Crippen molar-refractivity contribution in [3.63, 3.8) is 0 Å². The van der Waals surface area contributed by atoms with Crippen LogP contribution in [0.25, 0.3) is 0 Å². The number of aromatic nitrogens is 1. The lowest BCUT2D eigenvalue weighted by Crippen LogP contribution is -2.54. The second-order valence-electron chi connectivity index (χ2n) is 17.7. The highest BCUT2D eigenvalue weighted by atomic mass is 32.1. The highest BCUT2D eigenvalue weighted by molar-refractivity contribution is 7.09. The molecule has 1 aliphatic rings. The van der Waals surface area contributed by atoms with Crippen LogP contribution >= 0.6 is 11.3 Å². The van der Waals surface area contributed by atoms with Crippen molar-refractivity contribution in [1.82, 2.24) is 30.3 Å². The summed E-state index contributed by atoms with van der Waals surface area (Å²) in [5.74, 6) is -1.27. The average Bonchev–Trinajstić information content (AvgIpc) is 3.95. The SMILES string of the molecule is CC[C@H](C)[C@@H]([C@@H](CC(=O)N1CCC[C@H]1[C@H](OC)[C@@H](C)C(=O)N[C@@H](Cc1ccccc1)c1nccs1)OC)N(C)C(=O)[C@@H](CC(=O)[C@H](C(C)C)N(C)CCCCNC)C(C)C. The van der Waals surface area contributed by atoms with Crippen LogP contribution in [0.2, 0.25) is 0 Å². The molecule has 338 valence electrons. The maximum Gasteiger partial charge on any atom is 0.226 e. The van der Waals surface area contributed by atoms with Gasteiger partial charge in [-0.2, -0.15) is 0 Å². The summed E-state index contributed by atoms with van der Waals surface area (Å²) in [6.45, 7) is 16.5. The number of benzene rings is 1. The molecule has 12 nitrogen and oxygen atoms in total. The average molecular weight is 855 g/mol. The van der Waals surface area contributed by atoms with Gasteiger partial charge in [0.2, 0.25) is 17.7 Å². The number of nitrogens with zero attached hydrogens (tertiary/aromatic N) is 4. The van der Waals surface area contributed by atoms with E-state index in [-0.39, 0.29) is 72.2 Å². The van der Waals surface area contributed by atoms with E-state index in [0.717, 1.165) is 49.3 Å². The number of thiazole rings is 1. The van der Waals surface area contributed by atoms with Crippen LogP contribution in [0.5, 0.6) is 0 Å². The number of methoxy groups -OCH3 is 2. The molecule has 60 heavy (non-hydrogen) atoms. The number of Topliss-reactive ketones (excluding diaryl/α,β-unsaturated/α-hetero) is 1. The molecule has 1 saturated heterocycles. The number of unbranched alkanes of at least 4 members (excludes halogenated alkanes) is 1. The number of ether oxygens (including phenoxy) is 2. The van der Waals surface area contributed by atoms with Gasteiger partial charge >= 0.3 is 0 Å². The van der Waals surface area contributed by atoms with Gasteiger partial charge in [0.05, 0.1) is 48.7 Å². The topological polar surface area (TPSA) is 133 Å². The van der Waals surface area contributed by atoms with Crippen LogP contribution in [0.1, 0.15) is 110 Å². The van der Waals surface area contributed by atoms with Gasteiger partial charge in [0, 0.05) is 51.7 Å². The van der Waals surface area contributed by atoms with Crippen molar-refractivity contribution >= 4 is 34.8 Å². The van der Waals surface area contributed by atoms with Gasteiger partial charge < -0.3 is 29.9 Å². The molecule has 1 fully saturated rings. The summed E-state index contributed by atoms with van der Waals surface area (Å²) in [5, 5.41) is 9.18. The Hall–Kier alpha value is -3.23. The van der Waals surface area contributed by atoms with Crippen LogP contribution in [0.15, 0.2) is 41.9 Å². The number of amides is 3. The fraction of sp³-hybridized carbons (Fsp3) is 0.723. The number of likely N-dealkylation sites (N-methyl/N-ethyl adjacent to an activating group) is 2. The highest BCUT2D eigenvalue weighted by Gasteiger charge is 2.43. The Bertz CT molecular complexity index is 1580. The first-order valence-corrected chi connectivity index (χ1v) is 23.2. The lowest BCUT2D eigenvalue weighted by atomic mass is 9.83. The number of ketones is 1. The predicted molar refractivity (Wildman–Crippen MR) is 242 cm³/mol. The molecule has 0 unspecified atom stereocenters. The zero-order valence-electron chi connectivity index (χ0n) is 38.8. The van der Waals surface area contributed by atoms with E-state index in [9.17, 15) is 19.2 Å². The Labute approximate surface area is 365 Å². The molecule has 2 heterocycles. The van der Waals surface area contributed by atoms with Crippen LogP contribution < -0.4 is 10.6 Å². The van der Waals surface area contributed by atoms with Gasteiger partial charge in [0.15, 0.2) is 5.78 Å². The largest absolute Gasteiger partial charge is 0.379 e. The fourth-order valence-corrected chi connectivity index (χ4v) is 9.89. The molecule has 3 rings (SSSR count). The Morgan fingerprint density at radius 2 is 1.67 bits per heavy atom. The van der Waals surface area contributed by atoms with E-state index in [2.05, 4.69) is 48.2 Å². The lowest BCUT2D eigenvalue weighted by molar-refractivity contribution is -0.149. The summed E-state index contributed by atoms with van der Waals surface area (Å²) in [6, 6.07) is 8.76. The van der Waals surface area contributed by atoms with Crippen molar-refractivity contribution in [2.75, 3.05) is 55.0 Å². The van der Waals surface area contributed by atoms with E-state index in [1.54, 1.807) is 32.4 Å². The molecule has 0 bridgehead atoms. The van der Waals surface area contributed by atoms with Crippen LogP contribution in [0.4, 0.5) is 0 Å². The van der Waals surface area contributed by atoms with Crippen molar-refractivity contribution in [1.29, 1.82) is 0 Å². The molecule has 0 aliphatic carbocycles. The molecule has 3 amide bonds. The van der Waals surface area contributed by atoms with Crippen LogP contribution in [0.3, 0.4) is 0 Å². The van der Waals surface area contributed by atoms with E-state index in [1.165, 1.54) is 11.3 Å². The second kappa shape index (κ2) is 25.6. The van der Waals surface area contributed by atoms with Crippen molar-refractivity contribution in [3.05, 3.63) is 52.5 Å². The molecular weight excluding hydrogens is 777 g/mol. The molecule has 0 saturated carbocycles. The third-order valence-corrected chi connectivity index (χ3v) is 13.7. The smallest absolute Gasteiger partial charge is 0.226 e. The summed E-state index contributed by atoms with van der Waals surface area (Å²) in [6.07, 6.45) is 5.74. The Kier molecular flexibility index (Phi) is 21.8. The van der Waals surface area contributed by atoms with Crippen molar-refractivity contribution < 1.29 is 28.7 Å². The number of rotatable bonds is 27. The van der Waals surface area contributed by atoms with Gasteiger partial charge in [-0.15, -0.1) is 11.3 Å². The molecule has 2 N–H and O–H groups in total. The zero-order chi connectivity index (χ0) is 44.5. The van der Waals surface area contributed by atoms with Gasteiger partial charge in [0.1, 0.15) is 5.01 Å². The molecule has 0 radical (unpaired) electrons. The summed E-state index contributed by atoms with van der Waals surface area (Å²) >= 11 is 1.51. The third-order valence-electron chi connectivity index (χ3n) is 12.8. The van der Waals surface area contributed by atoms with Crippen LogP contribution in [0, 0.1) is 29.6 Å². The van der Waals surface area contributed by atoms with Gasteiger partial charge in [-0.05, 0) is 82.6 Å². The van der Waals surface area contributed by atoms with Crippen LogP contribution in [-0.4, -0.2) is 129 Å². The first kappa shape index (κ1) is 51.1. The Balaban J connectivity index is 1.77. The molecule has 1 aromatic carbocycles. The van der Waals surface area contributed by atoms with E-state index in [1.807, 2.05) is 75.5 Å². The molecule has 0 spiro atoms. The maximum absolute atomic E-state index is 14.6. The number of carbonyl (C=O) groups is 4. The molecule has 13 heteroatoms. The molecule has 9 atom stereocenters. The van der Waals surface area contributed by atoms with Gasteiger partial charge in [-0.3, -0.25) is 24.1 Å². The molecule has 2 aromatic rings. The molecule has 1 aliphatic heterocycles. The predicted octanol–water partition coefficient (Wildman–Crippen LogP) is 6.65. The monoisotopic (exact) mass is 855 g/mol. The van der Waals surface area contributed by atoms with Crippen molar-refractivity contribution in [2.45, 2.75) is 136 Å². The van der Waals surface area contributed by atoms with Crippen molar-refractivity contribution in [2.24, 2.45) is 29.6 Å². The number of carbonyl (C=O) groups excluding carboxylic acids is 4. The second-order valence-corrected chi connectivity index (χ2v) is 18.6. The molecule has 1 aromatic heterocycles. The van der Waals surface area contributed by atoms with Gasteiger partial charge in [-0.25, -0.2) is 4.98 Å². The summed E-state index contributed by atoms with van der Waals surface area (Å²) in [7, 11) is 8.98. The van der Waals surface area contributed by atoms with E-state index >= 15 is 0 Å². The van der Waals surface area contributed by atoms with E-state index < -0.39 is 30.1 Å². The van der Waals surface area contributed by atoms with Gasteiger partial charge in [-0.1, -0.05) is 85.2 Å². The minimum Gasteiger partial charge on any atom is -0.379 e. The molecular formula is C47H78N6O6S. The maximum atomic E-state index is 14.6. The van der Waals surface area contributed by atoms with E-state index in [4.69, 9.17) is 9.47 Å². The summed E-state index contributed by atoms with van der Waals surface area (Å²) < 4.78 is 12.2. The number of hydrogen-bond acceptors (Lipinski definition) is 10. The van der Waals surface area contributed by atoms with Crippen molar-refractivity contribution in [3.8, 4) is 0 Å². The normalized spacial score (nSPS) is 18.5. The van der Waals surface area contributed by atoms with E-state index in [0.29, 0.717) is 19.4 Å². The first-order valence-electron chi connectivity index (χ1n) is 22.3. The number of hydrogen-bond donors (Lipinski definition) is 2. The zero-order valence-corrected chi connectivity index (χ0v) is 39.6. The lowest BCUT2D eigenvalue weighted by Gasteiger charge is -2.41. The van der Waals surface area contributed by atoms with Crippen LogP contribution in [-0.2, 0) is 35.1 Å². The highest BCUT2D eigenvalue weighted by Crippen LogP contribution is 2.32. The Morgan fingerprint density at radius 1 is 0.967 bits per heavy atom.